The smallest absolute Gasteiger partial charge is 0.269 e. The molecular weight excluding hydrogens is 338 g/mol. The van der Waals surface area contributed by atoms with Crippen LogP contribution in [0.3, 0.4) is 0 Å². The minimum absolute atomic E-state index is 0.129. The maximum Gasteiger partial charge on any atom is 0.269 e. The summed E-state index contributed by atoms with van der Waals surface area (Å²) in [5, 5.41) is 3.60. The summed E-state index contributed by atoms with van der Waals surface area (Å²) in [5.74, 6) is -0.372. The lowest BCUT2D eigenvalue weighted by atomic mass is 10.2. The molecule has 0 aliphatic heterocycles. The SMILES string of the molecule is CCCNC(=O)c1cc2c(c3ccccc3n2C(C)C)n1S(C)(=O)=O. The van der Waals surface area contributed by atoms with Gasteiger partial charge in [-0.3, -0.25) is 4.79 Å². The molecule has 3 rings (SSSR count). The molecule has 6 nitrogen and oxygen atoms in total. The van der Waals surface area contributed by atoms with Gasteiger partial charge >= 0.3 is 0 Å². The topological polar surface area (TPSA) is 73.1 Å². The molecule has 1 aromatic carbocycles. The van der Waals surface area contributed by atoms with Crippen LogP contribution in [0.2, 0.25) is 0 Å². The Morgan fingerprint density at radius 1 is 1.20 bits per heavy atom. The van der Waals surface area contributed by atoms with E-state index in [2.05, 4.69) is 9.88 Å². The summed E-state index contributed by atoms with van der Waals surface area (Å²) >= 11 is 0. The average molecular weight is 361 g/mol. The lowest BCUT2D eigenvalue weighted by molar-refractivity contribution is 0.0948. The molecule has 134 valence electrons. The number of nitrogens with one attached hydrogen (secondary N) is 1. The molecule has 7 heteroatoms. The monoisotopic (exact) mass is 361 g/mol. The molecule has 0 unspecified atom stereocenters. The molecule has 0 fully saturated rings. The predicted molar refractivity (Wildman–Crippen MR) is 101 cm³/mol. The van der Waals surface area contributed by atoms with E-state index in [4.69, 9.17) is 0 Å². The van der Waals surface area contributed by atoms with Crippen LogP contribution in [0.15, 0.2) is 30.3 Å². The van der Waals surface area contributed by atoms with Gasteiger partial charge in [0.1, 0.15) is 5.69 Å². The fourth-order valence-corrected chi connectivity index (χ4v) is 4.33. The van der Waals surface area contributed by atoms with Crippen LogP contribution in [-0.4, -0.2) is 35.7 Å². The molecule has 0 saturated carbocycles. The first-order valence-corrected chi connectivity index (χ1v) is 10.2. The summed E-state index contributed by atoms with van der Waals surface area (Å²) < 4.78 is 28.3. The van der Waals surface area contributed by atoms with E-state index in [1.165, 1.54) is 3.97 Å². The summed E-state index contributed by atoms with van der Waals surface area (Å²) in [6, 6.07) is 9.48. The molecule has 2 aromatic heterocycles. The van der Waals surface area contributed by atoms with Crippen LogP contribution in [0.4, 0.5) is 0 Å². The number of nitrogens with zero attached hydrogens (tertiary/aromatic N) is 2. The Kier molecular flexibility index (Phi) is 4.36. The number of para-hydroxylation sites is 1. The van der Waals surface area contributed by atoms with Crippen molar-refractivity contribution < 1.29 is 13.2 Å². The largest absolute Gasteiger partial charge is 0.351 e. The van der Waals surface area contributed by atoms with Gasteiger partial charge in [0.05, 0.1) is 22.8 Å². The van der Waals surface area contributed by atoms with E-state index in [9.17, 15) is 13.2 Å². The zero-order valence-electron chi connectivity index (χ0n) is 14.9. The van der Waals surface area contributed by atoms with Crippen molar-refractivity contribution in [2.75, 3.05) is 12.8 Å². The minimum Gasteiger partial charge on any atom is -0.351 e. The number of rotatable bonds is 5. The quantitative estimate of drug-likeness (QED) is 0.759. The molecule has 0 spiro atoms. The lowest BCUT2D eigenvalue weighted by Crippen LogP contribution is -2.28. The van der Waals surface area contributed by atoms with E-state index in [1.54, 1.807) is 6.07 Å². The number of benzene rings is 1. The molecule has 2 heterocycles. The standard InChI is InChI=1S/C18H23N3O3S/c1-5-10-19-18(22)16-11-15-17(21(16)25(4,23)24)13-8-6-7-9-14(13)20(15)12(2)3/h6-9,11-12H,5,10H2,1-4H3,(H,19,22). The zero-order valence-corrected chi connectivity index (χ0v) is 15.7. The van der Waals surface area contributed by atoms with Crippen molar-refractivity contribution in [3.8, 4) is 0 Å². The molecule has 0 aliphatic rings. The van der Waals surface area contributed by atoms with Crippen LogP contribution < -0.4 is 5.32 Å². The van der Waals surface area contributed by atoms with Crippen molar-refractivity contribution in [3.05, 3.63) is 36.0 Å². The number of hydrogen-bond acceptors (Lipinski definition) is 3. The van der Waals surface area contributed by atoms with Gasteiger partial charge in [-0.05, 0) is 32.4 Å². The van der Waals surface area contributed by atoms with Gasteiger partial charge in [0.25, 0.3) is 5.91 Å². The van der Waals surface area contributed by atoms with Crippen LogP contribution in [0.25, 0.3) is 21.9 Å². The van der Waals surface area contributed by atoms with Crippen molar-refractivity contribution in [1.29, 1.82) is 0 Å². The fraction of sp³-hybridized carbons (Fsp3) is 0.389. The summed E-state index contributed by atoms with van der Waals surface area (Å²) in [5.41, 5.74) is 2.43. The van der Waals surface area contributed by atoms with Gasteiger partial charge in [0.2, 0.25) is 10.0 Å². The Morgan fingerprint density at radius 2 is 1.88 bits per heavy atom. The third-order valence-corrected chi connectivity index (χ3v) is 5.27. The number of aromatic nitrogens is 2. The Morgan fingerprint density at radius 3 is 2.48 bits per heavy atom. The number of hydrogen-bond donors (Lipinski definition) is 1. The van der Waals surface area contributed by atoms with E-state index >= 15 is 0 Å². The van der Waals surface area contributed by atoms with Gasteiger partial charge in [0, 0.05) is 18.0 Å². The summed E-state index contributed by atoms with van der Waals surface area (Å²) in [4.78, 5) is 12.6. The maximum atomic E-state index is 12.6. The highest BCUT2D eigenvalue weighted by atomic mass is 32.2. The second kappa shape index (κ2) is 6.22. The van der Waals surface area contributed by atoms with E-state index in [-0.39, 0.29) is 17.6 Å². The van der Waals surface area contributed by atoms with E-state index in [1.807, 2.05) is 45.0 Å². The van der Waals surface area contributed by atoms with Crippen molar-refractivity contribution in [1.82, 2.24) is 13.9 Å². The van der Waals surface area contributed by atoms with Crippen LogP contribution in [-0.2, 0) is 10.0 Å². The van der Waals surface area contributed by atoms with Gasteiger partial charge in [-0.1, -0.05) is 25.1 Å². The first-order valence-electron chi connectivity index (χ1n) is 8.40. The maximum absolute atomic E-state index is 12.6. The Labute approximate surface area is 147 Å². The second-order valence-electron chi connectivity index (χ2n) is 6.53. The summed E-state index contributed by atoms with van der Waals surface area (Å²) in [6.07, 6.45) is 1.91. The Hall–Kier alpha value is -2.28. The van der Waals surface area contributed by atoms with E-state index in [0.717, 1.165) is 29.1 Å². The summed E-state index contributed by atoms with van der Waals surface area (Å²) in [7, 11) is -3.65. The van der Waals surface area contributed by atoms with Gasteiger partial charge < -0.3 is 9.88 Å². The van der Waals surface area contributed by atoms with Gasteiger partial charge in [-0.15, -0.1) is 0 Å². The second-order valence-corrected chi connectivity index (χ2v) is 8.36. The molecule has 0 radical (unpaired) electrons. The van der Waals surface area contributed by atoms with Gasteiger partial charge in [0.15, 0.2) is 0 Å². The third-order valence-electron chi connectivity index (χ3n) is 4.23. The van der Waals surface area contributed by atoms with Crippen molar-refractivity contribution in [2.24, 2.45) is 0 Å². The van der Waals surface area contributed by atoms with Crippen LogP contribution >= 0.6 is 0 Å². The number of amides is 1. The number of fused-ring (bicyclic) bond motifs is 3. The molecular formula is C18H23N3O3S. The molecule has 0 atom stereocenters. The molecule has 1 amide bonds. The third kappa shape index (κ3) is 2.82. The lowest BCUT2D eigenvalue weighted by Gasteiger charge is -2.10. The molecule has 0 aliphatic carbocycles. The van der Waals surface area contributed by atoms with Gasteiger partial charge in [-0.25, -0.2) is 12.4 Å². The highest BCUT2D eigenvalue weighted by Gasteiger charge is 2.26. The highest BCUT2D eigenvalue weighted by molar-refractivity contribution is 7.89. The molecule has 0 bridgehead atoms. The van der Waals surface area contributed by atoms with E-state index < -0.39 is 10.0 Å². The van der Waals surface area contributed by atoms with Crippen LogP contribution in [0.5, 0.6) is 0 Å². The first-order chi connectivity index (χ1) is 11.8. The minimum atomic E-state index is -3.65. The molecule has 25 heavy (non-hydrogen) atoms. The molecule has 0 saturated heterocycles. The van der Waals surface area contributed by atoms with Crippen LogP contribution in [0.1, 0.15) is 43.7 Å². The van der Waals surface area contributed by atoms with Crippen molar-refractivity contribution >= 4 is 37.9 Å². The van der Waals surface area contributed by atoms with Crippen molar-refractivity contribution in [2.45, 2.75) is 33.2 Å². The average Bonchev–Trinajstić information content (AvgIpc) is 3.06. The Bertz CT molecular complexity index is 1060. The number of carbonyl (C=O) groups is 1. The Balaban J connectivity index is 2.44. The predicted octanol–water partition coefficient (Wildman–Crippen LogP) is 3.12. The van der Waals surface area contributed by atoms with E-state index in [0.29, 0.717) is 12.1 Å². The number of carbonyl (C=O) groups excluding carboxylic acids is 1. The first kappa shape index (κ1) is 17.5. The fourth-order valence-electron chi connectivity index (χ4n) is 3.31. The molecule has 1 N–H and O–H groups in total. The highest BCUT2D eigenvalue weighted by Crippen LogP contribution is 2.34. The van der Waals surface area contributed by atoms with Crippen LogP contribution in [0, 0.1) is 0 Å². The summed E-state index contributed by atoms with van der Waals surface area (Å²) in [6.45, 7) is 6.54. The zero-order chi connectivity index (χ0) is 18.4. The molecule has 3 aromatic rings. The van der Waals surface area contributed by atoms with Crippen molar-refractivity contribution in [3.63, 3.8) is 0 Å². The van der Waals surface area contributed by atoms with Gasteiger partial charge in [-0.2, -0.15) is 0 Å². The normalized spacial score (nSPS) is 12.4.